The molecule has 0 spiro atoms. The second kappa shape index (κ2) is 6.54. The molecule has 2 aromatic rings. The average Bonchev–Trinajstić information content (AvgIpc) is 2.59. The summed E-state index contributed by atoms with van der Waals surface area (Å²) in [5, 5.41) is 0. The fourth-order valence-corrected chi connectivity index (χ4v) is 2.53. The maximum absolute atomic E-state index is 13.9. The number of hydrogen-bond donors (Lipinski definition) is 0. The van der Waals surface area contributed by atoms with E-state index in [0.29, 0.717) is 11.5 Å². The monoisotopic (exact) mass is 342 g/mol. The number of nitrogens with zero attached hydrogens (tertiary/aromatic N) is 2. The Kier molecular flexibility index (Phi) is 4.46. The summed E-state index contributed by atoms with van der Waals surface area (Å²) in [5.74, 6) is -5.38. The molecule has 4 nitrogen and oxygen atoms in total. The van der Waals surface area contributed by atoms with Crippen LogP contribution in [0.4, 0.5) is 23.2 Å². The molecule has 0 radical (unpaired) electrons. The van der Waals surface area contributed by atoms with E-state index in [9.17, 15) is 17.6 Å². The van der Waals surface area contributed by atoms with E-state index < -0.39 is 35.3 Å². The first-order valence-corrected chi connectivity index (χ1v) is 7.34. The van der Waals surface area contributed by atoms with Crippen molar-refractivity contribution in [1.82, 2.24) is 4.98 Å². The van der Waals surface area contributed by atoms with E-state index in [2.05, 4.69) is 4.98 Å². The van der Waals surface area contributed by atoms with Crippen LogP contribution in [0.3, 0.4) is 0 Å². The largest absolute Gasteiger partial charge is 0.486 e. The standard InChI is InChI=1S/C16H14F4N2O2/c1-2-22(14-12(17)15(19)21-16(20)13(14)18)7-9-8-23-10-5-3-4-6-11(10)24-9/h3-6,9H,2,7-8H2,1H3. The number of likely N-dealkylation sites (N-methyl/N-ethyl adjacent to an activating group) is 1. The first-order chi connectivity index (χ1) is 11.5. The molecular formula is C16H14F4N2O2. The summed E-state index contributed by atoms with van der Waals surface area (Å²) in [6.45, 7) is 1.85. The van der Waals surface area contributed by atoms with Gasteiger partial charge in [0.25, 0.3) is 11.9 Å². The first kappa shape index (κ1) is 16.4. The molecule has 0 N–H and O–H groups in total. The number of benzene rings is 1. The van der Waals surface area contributed by atoms with Crippen molar-refractivity contribution in [2.45, 2.75) is 13.0 Å². The van der Waals surface area contributed by atoms with Crippen molar-refractivity contribution in [3.8, 4) is 11.5 Å². The van der Waals surface area contributed by atoms with Crippen molar-refractivity contribution in [2.24, 2.45) is 0 Å². The quantitative estimate of drug-likeness (QED) is 0.631. The van der Waals surface area contributed by atoms with Crippen LogP contribution in [0.5, 0.6) is 11.5 Å². The van der Waals surface area contributed by atoms with Crippen molar-refractivity contribution in [3.63, 3.8) is 0 Å². The molecule has 1 aliphatic rings. The van der Waals surface area contributed by atoms with Gasteiger partial charge in [-0.05, 0) is 19.1 Å². The fraction of sp³-hybridized carbons (Fsp3) is 0.312. The lowest BCUT2D eigenvalue weighted by molar-refractivity contribution is 0.0951. The lowest BCUT2D eigenvalue weighted by Crippen LogP contribution is -2.42. The Balaban J connectivity index is 1.84. The molecular weight excluding hydrogens is 328 g/mol. The van der Waals surface area contributed by atoms with Gasteiger partial charge in [-0.3, -0.25) is 0 Å². The lowest BCUT2D eigenvalue weighted by Gasteiger charge is -2.32. The minimum atomic E-state index is -1.69. The van der Waals surface area contributed by atoms with Crippen molar-refractivity contribution in [1.29, 1.82) is 0 Å². The van der Waals surface area contributed by atoms with Gasteiger partial charge in [0.1, 0.15) is 12.3 Å². The van der Waals surface area contributed by atoms with Crippen LogP contribution in [-0.4, -0.2) is 30.8 Å². The van der Waals surface area contributed by atoms with Crippen LogP contribution in [0, 0.1) is 23.5 Å². The zero-order chi connectivity index (χ0) is 17.3. The first-order valence-electron chi connectivity index (χ1n) is 7.34. The molecule has 0 amide bonds. The third-order valence-electron chi connectivity index (χ3n) is 3.66. The summed E-state index contributed by atoms with van der Waals surface area (Å²) in [6.07, 6.45) is -0.557. The normalized spacial score (nSPS) is 16.1. The molecule has 1 aromatic heterocycles. The highest BCUT2D eigenvalue weighted by Gasteiger charge is 2.28. The third kappa shape index (κ3) is 2.95. The number of ether oxygens (including phenoxy) is 2. The van der Waals surface area contributed by atoms with E-state index in [4.69, 9.17) is 9.47 Å². The zero-order valence-electron chi connectivity index (χ0n) is 12.7. The van der Waals surface area contributed by atoms with Crippen LogP contribution in [-0.2, 0) is 0 Å². The molecule has 3 rings (SSSR count). The highest BCUT2D eigenvalue weighted by molar-refractivity contribution is 5.49. The molecule has 24 heavy (non-hydrogen) atoms. The second-order valence-corrected chi connectivity index (χ2v) is 5.21. The Morgan fingerprint density at radius 3 is 2.33 bits per heavy atom. The number of para-hydroxylation sites is 2. The Morgan fingerprint density at radius 1 is 1.08 bits per heavy atom. The molecule has 1 aromatic carbocycles. The van der Waals surface area contributed by atoms with E-state index in [-0.39, 0.29) is 19.7 Å². The van der Waals surface area contributed by atoms with E-state index in [1.165, 1.54) is 0 Å². The smallest absolute Gasteiger partial charge is 0.253 e. The van der Waals surface area contributed by atoms with Crippen LogP contribution in [0.2, 0.25) is 0 Å². The minimum Gasteiger partial charge on any atom is -0.486 e. The van der Waals surface area contributed by atoms with Crippen molar-refractivity contribution in [3.05, 3.63) is 47.8 Å². The molecule has 1 unspecified atom stereocenters. The number of fused-ring (bicyclic) bond motifs is 1. The third-order valence-corrected chi connectivity index (χ3v) is 3.66. The van der Waals surface area contributed by atoms with E-state index in [1.54, 1.807) is 31.2 Å². The summed E-state index contributed by atoms with van der Waals surface area (Å²) in [6, 6.07) is 6.98. The Morgan fingerprint density at radius 2 is 1.71 bits per heavy atom. The predicted octanol–water partition coefficient (Wildman–Crippen LogP) is 3.30. The molecule has 1 atom stereocenters. The number of anilines is 1. The van der Waals surface area contributed by atoms with E-state index >= 15 is 0 Å². The van der Waals surface area contributed by atoms with Crippen LogP contribution in [0.25, 0.3) is 0 Å². The fourth-order valence-electron chi connectivity index (χ4n) is 2.53. The number of rotatable bonds is 4. The Bertz CT molecular complexity index is 731. The Hall–Kier alpha value is -2.51. The number of aromatic nitrogens is 1. The molecule has 0 saturated carbocycles. The van der Waals surface area contributed by atoms with E-state index in [0.717, 1.165) is 4.90 Å². The maximum Gasteiger partial charge on any atom is 0.253 e. The van der Waals surface area contributed by atoms with Gasteiger partial charge in [0.2, 0.25) is 11.6 Å². The highest BCUT2D eigenvalue weighted by atomic mass is 19.2. The molecule has 0 saturated heterocycles. The van der Waals surface area contributed by atoms with Gasteiger partial charge in [0, 0.05) is 6.54 Å². The molecule has 1 aliphatic heterocycles. The topological polar surface area (TPSA) is 34.6 Å². The van der Waals surface area contributed by atoms with Crippen LogP contribution in [0.15, 0.2) is 24.3 Å². The van der Waals surface area contributed by atoms with Crippen LogP contribution < -0.4 is 14.4 Å². The van der Waals surface area contributed by atoms with Gasteiger partial charge in [-0.25, -0.2) is 0 Å². The van der Waals surface area contributed by atoms with Crippen molar-refractivity contribution in [2.75, 3.05) is 24.6 Å². The van der Waals surface area contributed by atoms with E-state index in [1.807, 2.05) is 0 Å². The molecule has 2 heterocycles. The minimum absolute atomic E-state index is 0.0123. The van der Waals surface area contributed by atoms with Crippen molar-refractivity contribution < 1.29 is 27.0 Å². The van der Waals surface area contributed by atoms with Gasteiger partial charge in [0.15, 0.2) is 17.6 Å². The number of pyridine rings is 1. The summed E-state index contributed by atoms with van der Waals surface area (Å²) in [7, 11) is 0. The van der Waals surface area contributed by atoms with Crippen LogP contribution >= 0.6 is 0 Å². The van der Waals surface area contributed by atoms with Crippen LogP contribution in [0.1, 0.15) is 6.92 Å². The molecule has 128 valence electrons. The maximum atomic E-state index is 13.9. The zero-order valence-corrected chi connectivity index (χ0v) is 12.7. The number of halogens is 4. The Labute approximate surface area is 135 Å². The SMILES string of the molecule is CCN(CC1COc2ccccc2O1)c1c(F)c(F)nc(F)c1F. The predicted molar refractivity (Wildman–Crippen MR) is 78.3 cm³/mol. The van der Waals surface area contributed by atoms with Gasteiger partial charge < -0.3 is 14.4 Å². The highest BCUT2D eigenvalue weighted by Crippen LogP contribution is 2.32. The summed E-state index contributed by atoms with van der Waals surface area (Å²) < 4.78 is 65.7. The average molecular weight is 342 g/mol. The summed E-state index contributed by atoms with van der Waals surface area (Å²) in [5.41, 5.74) is -0.801. The summed E-state index contributed by atoms with van der Waals surface area (Å²) in [4.78, 5) is 3.71. The van der Waals surface area contributed by atoms with Gasteiger partial charge in [-0.2, -0.15) is 22.5 Å². The molecule has 8 heteroatoms. The van der Waals surface area contributed by atoms with Gasteiger partial charge in [-0.15, -0.1) is 0 Å². The van der Waals surface area contributed by atoms with Crippen molar-refractivity contribution >= 4 is 5.69 Å². The lowest BCUT2D eigenvalue weighted by atomic mass is 10.2. The second-order valence-electron chi connectivity index (χ2n) is 5.21. The van der Waals surface area contributed by atoms with Gasteiger partial charge >= 0.3 is 0 Å². The number of hydrogen-bond acceptors (Lipinski definition) is 4. The molecule has 0 fully saturated rings. The molecule has 0 aliphatic carbocycles. The van der Waals surface area contributed by atoms with Gasteiger partial charge in [0.05, 0.1) is 6.54 Å². The summed E-state index contributed by atoms with van der Waals surface area (Å²) >= 11 is 0. The molecule has 0 bridgehead atoms. The van der Waals surface area contributed by atoms with Gasteiger partial charge in [-0.1, -0.05) is 12.1 Å².